The van der Waals surface area contributed by atoms with Crippen molar-refractivity contribution < 1.29 is 0 Å². The van der Waals surface area contributed by atoms with Crippen molar-refractivity contribution in [2.45, 2.75) is 31.7 Å². The number of nitrogens with one attached hydrogen (secondary N) is 1. The van der Waals surface area contributed by atoms with Gasteiger partial charge in [-0.25, -0.2) is 4.98 Å². The Morgan fingerprint density at radius 1 is 1.29 bits per heavy atom. The summed E-state index contributed by atoms with van der Waals surface area (Å²) in [7, 11) is 0. The molecule has 0 spiro atoms. The van der Waals surface area contributed by atoms with Crippen molar-refractivity contribution in [3.63, 3.8) is 0 Å². The molecule has 3 heterocycles. The largest absolute Gasteiger partial charge is 0.308 e. The van der Waals surface area contributed by atoms with E-state index in [-0.39, 0.29) is 0 Å². The number of fused-ring (bicyclic) bond motifs is 3. The van der Waals surface area contributed by atoms with Gasteiger partial charge in [-0.15, -0.1) is 22.7 Å². The van der Waals surface area contributed by atoms with Gasteiger partial charge >= 0.3 is 0 Å². The third-order valence-electron chi connectivity index (χ3n) is 3.65. The molecule has 1 atom stereocenters. The topological polar surface area (TPSA) is 24.9 Å². The minimum absolute atomic E-state index is 0.521. The number of rotatable bonds is 1. The van der Waals surface area contributed by atoms with Gasteiger partial charge in [0.15, 0.2) is 0 Å². The van der Waals surface area contributed by atoms with Gasteiger partial charge < -0.3 is 5.32 Å². The van der Waals surface area contributed by atoms with Crippen molar-refractivity contribution >= 4 is 22.7 Å². The average molecular weight is 262 g/mol. The maximum absolute atomic E-state index is 4.91. The lowest BCUT2D eigenvalue weighted by Crippen LogP contribution is -2.12. The van der Waals surface area contributed by atoms with E-state index in [1.54, 1.807) is 0 Å². The minimum Gasteiger partial charge on any atom is -0.308 e. The molecule has 2 aromatic rings. The molecule has 0 aromatic carbocycles. The fourth-order valence-corrected chi connectivity index (χ4v) is 4.84. The Labute approximate surface area is 109 Å². The molecule has 1 unspecified atom stereocenters. The number of hydrogen-bond donors (Lipinski definition) is 1. The quantitative estimate of drug-likeness (QED) is 0.852. The van der Waals surface area contributed by atoms with Gasteiger partial charge in [0.25, 0.3) is 0 Å². The Kier molecular flexibility index (Phi) is 2.35. The molecule has 0 radical (unpaired) electrons. The number of thiophene rings is 1. The van der Waals surface area contributed by atoms with Crippen LogP contribution in [-0.2, 0) is 12.8 Å². The standard InChI is InChI=1S/C13H14N2S2/c1-2-9(14-6-1)13-15-12-8-5-7-16-10(8)3-4-11(12)17-13/h5,7,9,14H,1-4,6H2. The first-order chi connectivity index (χ1) is 8.42. The summed E-state index contributed by atoms with van der Waals surface area (Å²) in [4.78, 5) is 7.93. The van der Waals surface area contributed by atoms with E-state index in [9.17, 15) is 0 Å². The maximum atomic E-state index is 4.91. The zero-order valence-corrected chi connectivity index (χ0v) is 11.2. The van der Waals surface area contributed by atoms with E-state index in [0.29, 0.717) is 6.04 Å². The second kappa shape index (κ2) is 3.90. The average Bonchev–Trinajstić information content (AvgIpc) is 3.08. The second-order valence-electron chi connectivity index (χ2n) is 4.73. The summed E-state index contributed by atoms with van der Waals surface area (Å²) in [5.41, 5.74) is 2.68. The molecule has 17 heavy (non-hydrogen) atoms. The first-order valence-corrected chi connectivity index (χ1v) is 7.91. The number of aryl methyl sites for hydroxylation is 2. The Morgan fingerprint density at radius 2 is 2.24 bits per heavy atom. The first-order valence-electron chi connectivity index (χ1n) is 6.21. The molecule has 1 N–H and O–H groups in total. The molecule has 0 bridgehead atoms. The highest BCUT2D eigenvalue weighted by Crippen LogP contribution is 2.41. The molecule has 88 valence electrons. The molecule has 2 aromatic heterocycles. The number of hydrogen-bond acceptors (Lipinski definition) is 4. The van der Waals surface area contributed by atoms with Crippen LogP contribution < -0.4 is 5.32 Å². The van der Waals surface area contributed by atoms with Crippen LogP contribution in [0.4, 0.5) is 0 Å². The molecule has 0 saturated carbocycles. The molecular formula is C13H14N2S2. The third kappa shape index (κ3) is 1.58. The number of nitrogens with zero attached hydrogens (tertiary/aromatic N) is 1. The van der Waals surface area contributed by atoms with E-state index in [1.807, 2.05) is 22.7 Å². The molecule has 2 aliphatic rings. The lowest BCUT2D eigenvalue weighted by Gasteiger charge is -2.09. The molecule has 0 amide bonds. The van der Waals surface area contributed by atoms with E-state index < -0.39 is 0 Å². The highest BCUT2D eigenvalue weighted by molar-refractivity contribution is 7.12. The van der Waals surface area contributed by atoms with Crippen LogP contribution in [0.15, 0.2) is 11.4 Å². The van der Waals surface area contributed by atoms with Crippen LogP contribution in [0.2, 0.25) is 0 Å². The van der Waals surface area contributed by atoms with Crippen LogP contribution in [0.25, 0.3) is 11.3 Å². The van der Waals surface area contributed by atoms with E-state index in [4.69, 9.17) is 4.98 Å². The third-order valence-corrected chi connectivity index (χ3v) is 5.86. The van der Waals surface area contributed by atoms with Crippen molar-refractivity contribution in [2.24, 2.45) is 0 Å². The van der Waals surface area contributed by atoms with Gasteiger partial charge in [0.2, 0.25) is 0 Å². The second-order valence-corrected chi connectivity index (χ2v) is 6.85. The first kappa shape index (κ1) is 10.2. The van der Waals surface area contributed by atoms with Crippen LogP contribution in [0.5, 0.6) is 0 Å². The zero-order valence-electron chi connectivity index (χ0n) is 9.53. The number of aromatic nitrogens is 1. The van der Waals surface area contributed by atoms with Gasteiger partial charge in [-0.05, 0) is 43.7 Å². The molecule has 1 aliphatic heterocycles. The van der Waals surface area contributed by atoms with Crippen LogP contribution in [-0.4, -0.2) is 11.5 Å². The van der Waals surface area contributed by atoms with Crippen molar-refractivity contribution in [3.8, 4) is 11.3 Å². The predicted molar refractivity (Wildman–Crippen MR) is 72.8 cm³/mol. The maximum Gasteiger partial charge on any atom is 0.111 e. The minimum atomic E-state index is 0.521. The fraction of sp³-hybridized carbons (Fsp3) is 0.462. The van der Waals surface area contributed by atoms with Gasteiger partial charge in [0, 0.05) is 15.3 Å². The Balaban J connectivity index is 1.79. The van der Waals surface area contributed by atoms with Crippen molar-refractivity contribution in [2.75, 3.05) is 6.54 Å². The molecule has 2 nitrogen and oxygen atoms in total. The van der Waals surface area contributed by atoms with E-state index in [2.05, 4.69) is 16.8 Å². The lowest BCUT2D eigenvalue weighted by molar-refractivity contribution is 0.643. The van der Waals surface area contributed by atoms with Gasteiger partial charge in [-0.3, -0.25) is 0 Å². The lowest BCUT2D eigenvalue weighted by atomic mass is 10.0. The van der Waals surface area contributed by atoms with Crippen LogP contribution in [0.3, 0.4) is 0 Å². The fourth-order valence-electron chi connectivity index (χ4n) is 2.77. The van der Waals surface area contributed by atoms with Crippen LogP contribution >= 0.6 is 22.7 Å². The summed E-state index contributed by atoms with van der Waals surface area (Å²) < 4.78 is 0. The molecular weight excluding hydrogens is 248 g/mol. The van der Waals surface area contributed by atoms with Gasteiger partial charge in [-0.1, -0.05) is 0 Å². The SMILES string of the molecule is c1cc2c(s1)CCc1sc(C3CCCN3)nc1-2. The van der Waals surface area contributed by atoms with Crippen molar-refractivity contribution in [3.05, 3.63) is 26.2 Å². The highest BCUT2D eigenvalue weighted by atomic mass is 32.1. The van der Waals surface area contributed by atoms with E-state index in [1.165, 1.54) is 51.7 Å². The van der Waals surface area contributed by atoms with Crippen molar-refractivity contribution in [1.82, 2.24) is 10.3 Å². The van der Waals surface area contributed by atoms with Crippen molar-refractivity contribution in [1.29, 1.82) is 0 Å². The Hall–Kier alpha value is -0.710. The highest BCUT2D eigenvalue weighted by Gasteiger charge is 2.26. The monoisotopic (exact) mass is 262 g/mol. The Bertz CT molecular complexity index is 550. The summed E-state index contributed by atoms with van der Waals surface area (Å²) in [6.45, 7) is 1.15. The molecule has 4 heteroatoms. The number of thiazole rings is 1. The molecule has 1 aliphatic carbocycles. The normalized spacial score (nSPS) is 22.5. The summed E-state index contributed by atoms with van der Waals surface area (Å²) in [6, 6.07) is 2.76. The predicted octanol–water partition coefficient (Wildman–Crippen LogP) is 3.39. The summed E-state index contributed by atoms with van der Waals surface area (Å²) in [6.07, 6.45) is 4.94. The van der Waals surface area contributed by atoms with Crippen LogP contribution in [0, 0.1) is 0 Å². The Morgan fingerprint density at radius 3 is 3.12 bits per heavy atom. The van der Waals surface area contributed by atoms with Gasteiger partial charge in [0.05, 0.1) is 11.7 Å². The smallest absolute Gasteiger partial charge is 0.111 e. The summed E-state index contributed by atoms with van der Waals surface area (Å²) in [5, 5.41) is 7.06. The van der Waals surface area contributed by atoms with E-state index in [0.717, 1.165) is 6.54 Å². The molecule has 1 saturated heterocycles. The van der Waals surface area contributed by atoms with Gasteiger partial charge in [-0.2, -0.15) is 0 Å². The molecule has 4 rings (SSSR count). The van der Waals surface area contributed by atoms with Crippen LogP contribution in [0.1, 0.15) is 33.6 Å². The zero-order chi connectivity index (χ0) is 11.2. The summed E-state index contributed by atoms with van der Waals surface area (Å²) in [5.74, 6) is 0. The summed E-state index contributed by atoms with van der Waals surface area (Å²) >= 11 is 3.81. The molecule has 1 fully saturated rings. The van der Waals surface area contributed by atoms with Gasteiger partial charge in [0.1, 0.15) is 5.01 Å². The van der Waals surface area contributed by atoms with E-state index >= 15 is 0 Å².